The van der Waals surface area contributed by atoms with Crippen LogP contribution in [0.1, 0.15) is 0 Å². The van der Waals surface area contributed by atoms with Crippen molar-refractivity contribution in [1.82, 2.24) is 14.8 Å². The van der Waals surface area contributed by atoms with Gasteiger partial charge < -0.3 is 4.74 Å². The molecule has 1 aromatic heterocycles. The van der Waals surface area contributed by atoms with Crippen molar-refractivity contribution >= 4 is 15.9 Å². The van der Waals surface area contributed by atoms with Crippen LogP contribution in [-0.4, -0.2) is 27.5 Å². The summed E-state index contributed by atoms with van der Waals surface area (Å²) in [4.78, 5) is 3.87. The molecule has 1 aromatic carbocycles. The third-order valence-corrected chi connectivity index (χ3v) is 2.33. The Bertz CT molecular complexity index is 524. The zero-order valence-electron chi connectivity index (χ0n) is 8.86. The molecule has 0 fully saturated rings. The van der Waals surface area contributed by atoms with Crippen molar-refractivity contribution in [3.8, 4) is 11.4 Å². The predicted octanol–water partition coefficient (Wildman–Crippen LogP) is 2.97. The summed E-state index contributed by atoms with van der Waals surface area (Å²) < 4.78 is 42.3. The van der Waals surface area contributed by atoms with E-state index < -0.39 is 12.8 Å². The van der Waals surface area contributed by atoms with Gasteiger partial charge in [-0.05, 0) is 40.2 Å². The van der Waals surface area contributed by atoms with E-state index >= 15 is 0 Å². The zero-order chi connectivity index (χ0) is 13.2. The van der Waals surface area contributed by atoms with Crippen molar-refractivity contribution in [3.05, 3.63) is 35.3 Å². The SMILES string of the molecule is FC(F)(F)COc1ccc(-n2cnc(Br)n2)cc1. The van der Waals surface area contributed by atoms with Gasteiger partial charge in [0, 0.05) is 0 Å². The van der Waals surface area contributed by atoms with Crippen molar-refractivity contribution in [3.63, 3.8) is 0 Å². The van der Waals surface area contributed by atoms with Crippen molar-refractivity contribution < 1.29 is 17.9 Å². The van der Waals surface area contributed by atoms with E-state index in [9.17, 15) is 13.2 Å². The van der Waals surface area contributed by atoms with Gasteiger partial charge in [0.2, 0.25) is 4.73 Å². The first-order valence-corrected chi connectivity index (χ1v) is 5.60. The van der Waals surface area contributed by atoms with Crippen LogP contribution in [0.4, 0.5) is 13.2 Å². The molecule has 18 heavy (non-hydrogen) atoms. The van der Waals surface area contributed by atoms with Crippen LogP contribution in [0.5, 0.6) is 5.75 Å². The first kappa shape index (κ1) is 12.9. The molecule has 0 atom stereocenters. The highest BCUT2D eigenvalue weighted by molar-refractivity contribution is 9.10. The molecule has 0 spiro atoms. The van der Waals surface area contributed by atoms with Gasteiger partial charge in [0.1, 0.15) is 12.1 Å². The third-order valence-electron chi connectivity index (χ3n) is 1.97. The lowest BCUT2D eigenvalue weighted by Crippen LogP contribution is -2.19. The average Bonchev–Trinajstić information content (AvgIpc) is 2.73. The zero-order valence-corrected chi connectivity index (χ0v) is 10.4. The van der Waals surface area contributed by atoms with Crippen LogP contribution in [0, 0.1) is 0 Å². The largest absolute Gasteiger partial charge is 0.484 e. The Morgan fingerprint density at radius 1 is 1.22 bits per heavy atom. The van der Waals surface area contributed by atoms with E-state index in [4.69, 9.17) is 0 Å². The van der Waals surface area contributed by atoms with Crippen molar-refractivity contribution in [1.29, 1.82) is 0 Å². The standard InChI is InChI=1S/C10H7BrF3N3O/c11-9-15-6-17(16-9)7-1-3-8(4-2-7)18-5-10(12,13)14/h1-4,6H,5H2. The molecule has 0 aliphatic rings. The molecule has 0 N–H and O–H groups in total. The molecule has 2 rings (SSSR count). The summed E-state index contributed by atoms with van der Waals surface area (Å²) in [5, 5.41) is 4.00. The third kappa shape index (κ3) is 3.46. The number of rotatable bonds is 3. The second kappa shape index (κ2) is 4.97. The van der Waals surface area contributed by atoms with Gasteiger partial charge in [0.25, 0.3) is 0 Å². The second-order valence-corrected chi connectivity index (χ2v) is 4.07. The Balaban J connectivity index is 2.06. The summed E-state index contributed by atoms with van der Waals surface area (Å²) in [7, 11) is 0. The van der Waals surface area contributed by atoms with Crippen LogP contribution in [0.3, 0.4) is 0 Å². The quantitative estimate of drug-likeness (QED) is 0.872. The average molecular weight is 322 g/mol. The van der Waals surface area contributed by atoms with Gasteiger partial charge in [-0.25, -0.2) is 9.67 Å². The number of halogens is 4. The van der Waals surface area contributed by atoms with Gasteiger partial charge in [0.15, 0.2) is 6.61 Å². The first-order valence-electron chi connectivity index (χ1n) is 4.81. The Morgan fingerprint density at radius 3 is 2.39 bits per heavy atom. The van der Waals surface area contributed by atoms with Crippen LogP contribution in [0.2, 0.25) is 0 Å². The summed E-state index contributed by atoms with van der Waals surface area (Å²) in [6.45, 7) is -1.30. The van der Waals surface area contributed by atoms with Crippen LogP contribution in [0.25, 0.3) is 5.69 Å². The summed E-state index contributed by atoms with van der Waals surface area (Å²) in [6.07, 6.45) is -2.86. The lowest BCUT2D eigenvalue weighted by atomic mass is 10.3. The molecule has 2 aromatic rings. The highest BCUT2D eigenvalue weighted by atomic mass is 79.9. The number of nitrogens with zero attached hydrogens (tertiary/aromatic N) is 3. The number of benzene rings is 1. The van der Waals surface area contributed by atoms with Gasteiger partial charge in [-0.2, -0.15) is 13.2 Å². The smallest absolute Gasteiger partial charge is 0.422 e. The lowest BCUT2D eigenvalue weighted by molar-refractivity contribution is -0.153. The molecule has 0 saturated carbocycles. The summed E-state index contributed by atoms with van der Waals surface area (Å²) in [6, 6.07) is 6.06. The Hall–Kier alpha value is -1.57. The molecule has 0 amide bonds. The molecule has 0 radical (unpaired) electrons. The summed E-state index contributed by atoms with van der Waals surface area (Å²) in [5.41, 5.74) is 0.674. The molecule has 96 valence electrons. The molecule has 0 bridgehead atoms. The fourth-order valence-electron chi connectivity index (χ4n) is 1.23. The molecule has 1 heterocycles. The number of hydrogen-bond acceptors (Lipinski definition) is 3. The fourth-order valence-corrected chi connectivity index (χ4v) is 1.49. The first-order chi connectivity index (χ1) is 8.44. The van der Waals surface area contributed by atoms with Gasteiger partial charge in [0.05, 0.1) is 5.69 Å². The molecular weight excluding hydrogens is 315 g/mol. The van der Waals surface area contributed by atoms with Crippen LogP contribution in [0.15, 0.2) is 35.3 Å². The van der Waals surface area contributed by atoms with E-state index in [0.29, 0.717) is 10.4 Å². The van der Waals surface area contributed by atoms with E-state index in [0.717, 1.165) is 0 Å². The Kier molecular flexibility index (Phi) is 3.55. The maximum atomic E-state index is 11.9. The highest BCUT2D eigenvalue weighted by Gasteiger charge is 2.28. The predicted molar refractivity (Wildman–Crippen MR) is 60.6 cm³/mol. The minimum Gasteiger partial charge on any atom is -0.484 e. The van der Waals surface area contributed by atoms with E-state index in [1.54, 1.807) is 12.1 Å². The van der Waals surface area contributed by atoms with E-state index in [1.807, 2.05) is 0 Å². The van der Waals surface area contributed by atoms with Gasteiger partial charge in [-0.1, -0.05) is 0 Å². The maximum Gasteiger partial charge on any atom is 0.422 e. The normalized spacial score (nSPS) is 11.6. The molecule has 0 aliphatic heterocycles. The minimum absolute atomic E-state index is 0.148. The van der Waals surface area contributed by atoms with Crippen molar-refractivity contribution in [2.45, 2.75) is 6.18 Å². The highest BCUT2D eigenvalue weighted by Crippen LogP contribution is 2.19. The molecule has 4 nitrogen and oxygen atoms in total. The van der Waals surface area contributed by atoms with Crippen LogP contribution >= 0.6 is 15.9 Å². The van der Waals surface area contributed by atoms with E-state index in [2.05, 4.69) is 30.7 Å². The number of alkyl halides is 3. The van der Waals surface area contributed by atoms with Gasteiger partial charge >= 0.3 is 6.18 Å². The molecule has 8 heteroatoms. The molecular formula is C10H7BrF3N3O. The van der Waals surface area contributed by atoms with Crippen molar-refractivity contribution in [2.24, 2.45) is 0 Å². The van der Waals surface area contributed by atoms with Gasteiger partial charge in [-0.15, -0.1) is 5.10 Å². The molecule has 0 saturated heterocycles. The molecule has 0 aliphatic carbocycles. The molecule has 0 unspecified atom stereocenters. The number of hydrogen-bond donors (Lipinski definition) is 0. The maximum absolute atomic E-state index is 11.9. The fraction of sp³-hybridized carbons (Fsp3) is 0.200. The summed E-state index contributed by atoms with van der Waals surface area (Å²) >= 11 is 3.10. The van der Waals surface area contributed by atoms with Crippen LogP contribution < -0.4 is 4.74 Å². The summed E-state index contributed by atoms with van der Waals surface area (Å²) in [5.74, 6) is 0.148. The Labute approximate surface area is 109 Å². The van der Waals surface area contributed by atoms with E-state index in [1.165, 1.54) is 23.1 Å². The minimum atomic E-state index is -4.34. The Morgan fingerprint density at radius 2 is 1.89 bits per heavy atom. The van der Waals surface area contributed by atoms with Crippen molar-refractivity contribution in [2.75, 3.05) is 6.61 Å². The number of ether oxygens (including phenoxy) is 1. The van der Waals surface area contributed by atoms with E-state index in [-0.39, 0.29) is 5.75 Å². The second-order valence-electron chi connectivity index (χ2n) is 3.36. The monoisotopic (exact) mass is 321 g/mol. The van der Waals surface area contributed by atoms with Gasteiger partial charge in [-0.3, -0.25) is 0 Å². The topological polar surface area (TPSA) is 39.9 Å². The van der Waals surface area contributed by atoms with Crippen LogP contribution in [-0.2, 0) is 0 Å². The lowest BCUT2D eigenvalue weighted by Gasteiger charge is -2.09. The number of aromatic nitrogens is 3.